The first kappa shape index (κ1) is 34.1. The molecule has 0 rings (SSSR count). The predicted octanol–water partition coefficient (Wildman–Crippen LogP) is 3.83. The molecule has 0 aromatic carbocycles. The third kappa shape index (κ3) is 44.9. The van der Waals surface area contributed by atoms with E-state index in [0.29, 0.717) is 0 Å². The van der Waals surface area contributed by atoms with Crippen LogP contribution < -0.4 is 0 Å². The summed E-state index contributed by atoms with van der Waals surface area (Å²) < 4.78 is 10.6. The van der Waals surface area contributed by atoms with Gasteiger partial charge in [0.05, 0.1) is 11.2 Å². The molecule has 0 radical (unpaired) electrons. The van der Waals surface area contributed by atoms with E-state index in [1.807, 2.05) is 41.5 Å². The van der Waals surface area contributed by atoms with Crippen molar-refractivity contribution in [2.75, 3.05) is 0 Å². The minimum atomic E-state index is -2.29. The minimum Gasteiger partial charge on any atom is -0.411 e. The molecule has 0 fully saturated rings. The number of hydrogen-bond acceptors (Lipinski definition) is 4. The van der Waals surface area contributed by atoms with Crippen LogP contribution in [0.3, 0.4) is 0 Å². The van der Waals surface area contributed by atoms with Crippen molar-refractivity contribution in [3.8, 4) is 0 Å². The van der Waals surface area contributed by atoms with Crippen molar-refractivity contribution in [1.29, 1.82) is 0 Å². The van der Waals surface area contributed by atoms with E-state index in [2.05, 4.69) is 0 Å². The molecule has 0 heterocycles. The van der Waals surface area contributed by atoms with Gasteiger partial charge in [-0.25, -0.2) is 0 Å². The molecule has 0 aliphatic heterocycles. The molecule has 0 aliphatic rings. The Morgan fingerprint density at radius 1 is 0.619 bits per heavy atom. The molecule has 0 saturated heterocycles. The average molecular weight is 461 g/mol. The SMILES string of the molecule is CC(C)(C)O[Si](C)(C)O.CC(C)(C)O[Si](C)(C)O.Cl.Cl.[Zr]. The van der Waals surface area contributed by atoms with Gasteiger partial charge in [0.1, 0.15) is 0 Å². The van der Waals surface area contributed by atoms with E-state index >= 15 is 0 Å². The Morgan fingerprint density at radius 2 is 0.762 bits per heavy atom. The van der Waals surface area contributed by atoms with Crippen molar-refractivity contribution in [2.24, 2.45) is 0 Å². The molecule has 132 valence electrons. The van der Waals surface area contributed by atoms with Gasteiger partial charge < -0.3 is 18.4 Å². The summed E-state index contributed by atoms with van der Waals surface area (Å²) in [7, 11) is -4.59. The van der Waals surface area contributed by atoms with Gasteiger partial charge in [0.25, 0.3) is 0 Å². The van der Waals surface area contributed by atoms with E-state index in [9.17, 15) is 9.59 Å². The van der Waals surface area contributed by atoms with E-state index in [4.69, 9.17) is 8.85 Å². The second kappa shape index (κ2) is 12.1. The number of halogens is 2. The van der Waals surface area contributed by atoms with Crippen LogP contribution in [-0.4, -0.2) is 37.9 Å². The summed E-state index contributed by atoms with van der Waals surface area (Å²) in [4.78, 5) is 18.5. The number of hydrogen-bond donors (Lipinski definition) is 2. The molecule has 9 heteroatoms. The Balaban J connectivity index is -0.0000000711. The topological polar surface area (TPSA) is 58.9 Å². The van der Waals surface area contributed by atoms with E-state index in [1.165, 1.54) is 0 Å². The molecular weight excluding hydrogens is 426 g/mol. The van der Waals surface area contributed by atoms with Gasteiger partial charge in [0, 0.05) is 26.2 Å². The second-order valence-corrected chi connectivity index (χ2v) is 13.5. The summed E-state index contributed by atoms with van der Waals surface area (Å²) in [6.45, 7) is 18.7. The molecule has 0 aromatic rings. The van der Waals surface area contributed by atoms with E-state index in [-0.39, 0.29) is 62.2 Å². The van der Waals surface area contributed by atoms with Gasteiger partial charge in [-0.2, -0.15) is 0 Å². The van der Waals surface area contributed by atoms with Crippen LogP contribution in [0, 0.1) is 0 Å². The maximum absolute atomic E-state index is 9.27. The van der Waals surface area contributed by atoms with Gasteiger partial charge in [0.2, 0.25) is 0 Å². The van der Waals surface area contributed by atoms with Crippen LogP contribution >= 0.6 is 24.8 Å². The molecule has 0 amide bonds. The van der Waals surface area contributed by atoms with Crippen LogP contribution in [0.4, 0.5) is 0 Å². The third-order valence-corrected chi connectivity index (χ3v) is 3.34. The van der Waals surface area contributed by atoms with E-state index < -0.39 is 17.1 Å². The van der Waals surface area contributed by atoms with Crippen molar-refractivity contribution in [3.63, 3.8) is 0 Å². The van der Waals surface area contributed by atoms with Crippen LogP contribution in [0.1, 0.15) is 41.5 Å². The first-order chi connectivity index (χ1) is 7.41. The molecule has 21 heavy (non-hydrogen) atoms. The van der Waals surface area contributed by atoms with Crippen molar-refractivity contribution in [1.82, 2.24) is 0 Å². The largest absolute Gasteiger partial charge is 0.411 e. The number of rotatable bonds is 2. The van der Waals surface area contributed by atoms with Gasteiger partial charge in [-0.15, -0.1) is 24.8 Å². The van der Waals surface area contributed by atoms with Gasteiger partial charge >= 0.3 is 17.1 Å². The maximum Gasteiger partial charge on any atom is 0.329 e. The van der Waals surface area contributed by atoms with E-state index in [1.54, 1.807) is 26.2 Å². The van der Waals surface area contributed by atoms with Gasteiger partial charge in [-0.1, -0.05) is 0 Å². The summed E-state index contributed by atoms with van der Waals surface area (Å²) >= 11 is 0. The summed E-state index contributed by atoms with van der Waals surface area (Å²) in [6.07, 6.45) is 0. The smallest absolute Gasteiger partial charge is 0.329 e. The van der Waals surface area contributed by atoms with Crippen LogP contribution in [0.2, 0.25) is 26.2 Å². The summed E-state index contributed by atoms with van der Waals surface area (Å²) in [5, 5.41) is 0. The fraction of sp³-hybridized carbons (Fsp3) is 1.00. The molecule has 0 unspecified atom stereocenters. The maximum atomic E-state index is 9.27. The summed E-state index contributed by atoms with van der Waals surface area (Å²) in [5.41, 5.74) is -0.408. The molecular formula is C12H34Cl2O4Si2Zr. The Hall–Kier alpha value is 1.74. The molecule has 4 nitrogen and oxygen atoms in total. The Labute approximate surface area is 164 Å². The Bertz CT molecular complexity index is 194. The zero-order valence-corrected chi connectivity index (χ0v) is 21.1. The van der Waals surface area contributed by atoms with Crippen LogP contribution in [0.25, 0.3) is 0 Å². The van der Waals surface area contributed by atoms with Crippen molar-refractivity contribution in [3.05, 3.63) is 0 Å². The van der Waals surface area contributed by atoms with Crippen LogP contribution in [0.15, 0.2) is 0 Å². The average Bonchev–Trinajstić information content (AvgIpc) is 1.64. The van der Waals surface area contributed by atoms with Crippen molar-refractivity contribution < 1.29 is 44.6 Å². The molecule has 0 saturated carbocycles. The van der Waals surface area contributed by atoms with Gasteiger partial charge in [-0.05, 0) is 67.7 Å². The van der Waals surface area contributed by atoms with Gasteiger partial charge in [0.15, 0.2) is 0 Å². The van der Waals surface area contributed by atoms with Gasteiger partial charge in [-0.3, -0.25) is 0 Å². The second-order valence-electron chi connectivity index (χ2n) is 7.32. The molecule has 0 spiro atoms. The van der Waals surface area contributed by atoms with Crippen LogP contribution in [0.5, 0.6) is 0 Å². The molecule has 0 aromatic heterocycles. The molecule has 0 atom stereocenters. The Morgan fingerprint density at radius 3 is 0.762 bits per heavy atom. The van der Waals surface area contributed by atoms with Crippen molar-refractivity contribution in [2.45, 2.75) is 78.9 Å². The molecule has 0 bridgehead atoms. The molecule has 2 N–H and O–H groups in total. The standard InChI is InChI=1S/2C6H16O2Si.2ClH.Zr/c2*1-6(2,3)8-9(4,5)7;;;/h2*7H,1-5H3;2*1H;. The molecule has 0 aliphatic carbocycles. The zero-order chi connectivity index (χ0) is 15.4. The Kier molecular flexibility index (Phi) is 19.8. The van der Waals surface area contributed by atoms with Crippen LogP contribution in [-0.2, 0) is 35.1 Å². The predicted molar refractivity (Wildman–Crippen MR) is 95.6 cm³/mol. The third-order valence-electron chi connectivity index (χ3n) is 1.11. The minimum absolute atomic E-state index is 0. The van der Waals surface area contributed by atoms with E-state index in [0.717, 1.165) is 0 Å². The summed E-state index contributed by atoms with van der Waals surface area (Å²) in [5.74, 6) is 0. The first-order valence-electron chi connectivity index (χ1n) is 6.26. The van der Waals surface area contributed by atoms with Crippen molar-refractivity contribution >= 4 is 41.9 Å². The summed E-state index contributed by atoms with van der Waals surface area (Å²) in [6, 6.07) is 0. The first-order valence-corrected chi connectivity index (χ1v) is 12.0. The monoisotopic (exact) mass is 458 g/mol. The fourth-order valence-corrected chi connectivity index (χ4v) is 4.50. The fourth-order valence-electron chi connectivity index (χ4n) is 1.50. The zero-order valence-electron chi connectivity index (χ0n) is 15.0. The normalized spacial score (nSPS) is 12.0. The quantitative estimate of drug-likeness (QED) is 0.615.